The number of allylic oxidation sites excluding steroid dienone is 2. The molecule has 0 amide bonds. The monoisotopic (exact) mass is 299 g/mol. The van der Waals surface area contributed by atoms with Gasteiger partial charge in [-0.3, -0.25) is 0 Å². The Kier molecular flexibility index (Phi) is 3.85. The summed E-state index contributed by atoms with van der Waals surface area (Å²) < 4.78 is 0. The maximum absolute atomic E-state index is 2.86. The minimum Gasteiger partial charge on any atom is -0.368 e. The van der Waals surface area contributed by atoms with Gasteiger partial charge in [0.05, 0.1) is 0 Å². The van der Waals surface area contributed by atoms with E-state index < -0.39 is 0 Å². The topological polar surface area (TPSA) is 15.8 Å². The first kappa shape index (κ1) is 14.1. The fourth-order valence-electron chi connectivity index (χ4n) is 3.67. The summed E-state index contributed by atoms with van der Waals surface area (Å²) in [7, 11) is 0. The summed E-state index contributed by atoms with van der Waals surface area (Å²) in [5.41, 5.74) is 9.19. The smallest absolute Gasteiger partial charge is 0.000496 e. The third-order valence-electron chi connectivity index (χ3n) is 4.80. The molecule has 2 aromatic carbocycles. The highest BCUT2D eigenvalue weighted by atomic mass is 14.6. The summed E-state index contributed by atoms with van der Waals surface area (Å²) >= 11 is 0. The van der Waals surface area contributed by atoms with E-state index in [1.54, 1.807) is 11.1 Å². The maximum Gasteiger partial charge on any atom is 0.000496 e. The second-order valence-corrected chi connectivity index (χ2v) is 6.15. The molecule has 0 atom stereocenters. The number of hydrogen-bond donors (Lipinski definition) is 1. The van der Waals surface area contributed by atoms with Gasteiger partial charge in [0.2, 0.25) is 0 Å². The van der Waals surface area contributed by atoms with Gasteiger partial charge in [-0.25, -0.2) is 0 Å². The Bertz CT molecular complexity index is 808. The van der Waals surface area contributed by atoms with E-state index in [4.69, 9.17) is 0 Å². The van der Waals surface area contributed by atoms with Gasteiger partial charge in [-0.05, 0) is 71.2 Å². The van der Waals surface area contributed by atoms with Crippen LogP contribution in [0.3, 0.4) is 0 Å². The molecule has 1 heterocycles. The molecular formula is C22H21N. The summed E-state index contributed by atoms with van der Waals surface area (Å²) in [5.74, 6) is 0. The Morgan fingerprint density at radius 3 is 2.26 bits per heavy atom. The van der Waals surface area contributed by atoms with Crippen LogP contribution in [-0.4, -0.2) is 4.98 Å². The molecule has 2 aliphatic carbocycles. The minimum atomic E-state index is 1.12. The highest BCUT2D eigenvalue weighted by Gasteiger charge is 2.20. The number of nitrogens with one attached hydrogen (secondary N) is 1. The van der Waals surface area contributed by atoms with Gasteiger partial charge in [-0.1, -0.05) is 48.6 Å². The Hall–Kier alpha value is -2.54. The fourth-order valence-corrected chi connectivity index (χ4v) is 3.67. The van der Waals surface area contributed by atoms with Crippen LogP contribution < -0.4 is 0 Å². The van der Waals surface area contributed by atoms with Gasteiger partial charge < -0.3 is 4.98 Å². The molecule has 0 saturated carbocycles. The van der Waals surface area contributed by atoms with Crippen LogP contribution in [0.4, 0.5) is 0 Å². The molecule has 114 valence electrons. The van der Waals surface area contributed by atoms with Crippen LogP contribution in [0.15, 0.2) is 73.1 Å². The highest BCUT2D eigenvalue weighted by Crippen LogP contribution is 2.37. The average Bonchev–Trinajstić information content (AvgIpc) is 3.21. The zero-order valence-corrected chi connectivity index (χ0v) is 13.3. The van der Waals surface area contributed by atoms with Crippen LogP contribution in [-0.2, 0) is 25.7 Å². The lowest BCUT2D eigenvalue weighted by Crippen LogP contribution is -2.10. The molecule has 2 aliphatic rings. The van der Waals surface area contributed by atoms with Crippen molar-refractivity contribution in [3.8, 4) is 11.1 Å². The Morgan fingerprint density at radius 2 is 1.43 bits per heavy atom. The van der Waals surface area contributed by atoms with Crippen molar-refractivity contribution in [2.75, 3.05) is 0 Å². The Labute approximate surface area is 137 Å². The number of rotatable bonds is 0. The predicted molar refractivity (Wildman–Crippen MR) is 96.6 cm³/mol. The van der Waals surface area contributed by atoms with E-state index >= 15 is 0 Å². The van der Waals surface area contributed by atoms with E-state index in [1.807, 2.05) is 24.5 Å². The molecule has 0 bridgehead atoms. The molecule has 1 heteroatoms. The molecule has 0 unspecified atom stereocenters. The number of aromatic nitrogens is 1. The van der Waals surface area contributed by atoms with Crippen molar-refractivity contribution in [3.05, 3.63) is 95.3 Å². The second-order valence-electron chi connectivity index (χ2n) is 6.15. The summed E-state index contributed by atoms with van der Waals surface area (Å²) in [4.78, 5) is 2.86. The number of aromatic amines is 1. The fraction of sp³-hybridized carbons (Fsp3) is 0.182. The number of fused-ring (bicyclic) bond motifs is 5. The van der Waals surface area contributed by atoms with Crippen LogP contribution in [0.25, 0.3) is 11.1 Å². The molecule has 1 nitrogen and oxygen atoms in total. The molecule has 1 N–H and O–H groups in total. The lowest BCUT2D eigenvalue weighted by molar-refractivity contribution is 0.908. The van der Waals surface area contributed by atoms with Crippen LogP contribution >= 0.6 is 0 Å². The SMILES string of the molecule is C1=CCc2c(ccc3c2CCc2ccccc2-3)C1.c1cc[nH]c1. The third kappa shape index (κ3) is 2.75. The normalized spacial score (nSPS) is 14.1. The predicted octanol–water partition coefficient (Wildman–Crippen LogP) is 5.12. The van der Waals surface area contributed by atoms with Gasteiger partial charge in [-0.2, -0.15) is 0 Å². The Balaban J connectivity index is 0.000000233. The molecule has 0 saturated heterocycles. The minimum absolute atomic E-state index is 1.12. The van der Waals surface area contributed by atoms with E-state index in [2.05, 4.69) is 53.5 Å². The van der Waals surface area contributed by atoms with E-state index in [1.165, 1.54) is 35.1 Å². The molecule has 3 aromatic rings. The Morgan fingerprint density at radius 1 is 0.609 bits per heavy atom. The molecule has 0 radical (unpaired) electrons. The van der Waals surface area contributed by atoms with Crippen LogP contribution in [0.2, 0.25) is 0 Å². The number of hydrogen-bond acceptors (Lipinski definition) is 0. The molecular weight excluding hydrogens is 278 g/mol. The zero-order valence-electron chi connectivity index (χ0n) is 13.3. The summed E-state index contributed by atoms with van der Waals surface area (Å²) in [6, 6.07) is 17.4. The van der Waals surface area contributed by atoms with Crippen LogP contribution in [0.1, 0.15) is 22.3 Å². The van der Waals surface area contributed by atoms with Crippen molar-refractivity contribution in [3.63, 3.8) is 0 Å². The number of benzene rings is 2. The average molecular weight is 299 g/mol. The van der Waals surface area contributed by atoms with Crippen molar-refractivity contribution >= 4 is 0 Å². The van der Waals surface area contributed by atoms with Gasteiger partial charge in [0.25, 0.3) is 0 Å². The van der Waals surface area contributed by atoms with Gasteiger partial charge in [0.15, 0.2) is 0 Å². The quantitative estimate of drug-likeness (QED) is 0.554. The van der Waals surface area contributed by atoms with Crippen molar-refractivity contribution in [2.24, 2.45) is 0 Å². The molecule has 0 spiro atoms. The first-order valence-electron chi connectivity index (χ1n) is 8.38. The molecule has 23 heavy (non-hydrogen) atoms. The molecule has 0 aliphatic heterocycles. The van der Waals surface area contributed by atoms with Gasteiger partial charge in [0.1, 0.15) is 0 Å². The first-order chi connectivity index (χ1) is 11.4. The summed E-state index contributed by atoms with van der Waals surface area (Å²) in [5, 5.41) is 0. The van der Waals surface area contributed by atoms with Gasteiger partial charge in [0, 0.05) is 12.4 Å². The largest absolute Gasteiger partial charge is 0.368 e. The standard InChI is InChI=1S/C18H16.C4H5N/c1-3-7-15-13(5-1)9-11-18-16-8-4-2-6-14(16)10-12-17(15)18;1-2-4-5-3-1/h1-5,7,10,12H,6,8-9,11H2;1-5H. The van der Waals surface area contributed by atoms with Crippen LogP contribution in [0, 0.1) is 0 Å². The maximum atomic E-state index is 2.86. The molecule has 5 rings (SSSR count). The lowest BCUT2D eigenvalue weighted by atomic mass is 9.79. The number of aryl methyl sites for hydroxylation is 1. The third-order valence-corrected chi connectivity index (χ3v) is 4.80. The van der Waals surface area contributed by atoms with Gasteiger partial charge in [-0.15, -0.1) is 0 Å². The zero-order chi connectivity index (χ0) is 15.5. The van der Waals surface area contributed by atoms with E-state index in [0.29, 0.717) is 0 Å². The van der Waals surface area contributed by atoms with E-state index in [9.17, 15) is 0 Å². The molecule has 0 fully saturated rings. The lowest BCUT2D eigenvalue weighted by Gasteiger charge is -2.25. The van der Waals surface area contributed by atoms with E-state index in [-0.39, 0.29) is 0 Å². The van der Waals surface area contributed by atoms with Crippen LogP contribution in [0.5, 0.6) is 0 Å². The summed E-state index contributed by atoms with van der Waals surface area (Å²) in [6.07, 6.45) is 13.0. The molecule has 1 aromatic heterocycles. The highest BCUT2D eigenvalue weighted by molar-refractivity contribution is 5.75. The van der Waals surface area contributed by atoms with Crippen molar-refractivity contribution in [1.82, 2.24) is 4.98 Å². The van der Waals surface area contributed by atoms with Crippen molar-refractivity contribution in [1.29, 1.82) is 0 Å². The number of H-pyrrole nitrogens is 1. The van der Waals surface area contributed by atoms with E-state index in [0.717, 1.165) is 12.8 Å². The van der Waals surface area contributed by atoms with Crippen molar-refractivity contribution in [2.45, 2.75) is 25.7 Å². The van der Waals surface area contributed by atoms with Gasteiger partial charge >= 0.3 is 0 Å². The first-order valence-corrected chi connectivity index (χ1v) is 8.38. The van der Waals surface area contributed by atoms with Crippen molar-refractivity contribution < 1.29 is 0 Å². The summed E-state index contributed by atoms with van der Waals surface area (Å²) in [6.45, 7) is 0. The second kappa shape index (κ2) is 6.29.